The molecule has 1 aliphatic heterocycles. The molecule has 1 amide bonds. The highest BCUT2D eigenvalue weighted by Gasteiger charge is 2.30. The summed E-state index contributed by atoms with van der Waals surface area (Å²) in [6.45, 7) is 12.6. The maximum Gasteiger partial charge on any atom is 0.410 e. The van der Waals surface area contributed by atoms with Gasteiger partial charge in [0.1, 0.15) is 11.8 Å². The number of likely N-dealkylation sites (tertiary alicyclic amines) is 1. The molecule has 1 heterocycles. The summed E-state index contributed by atoms with van der Waals surface area (Å²) in [4.78, 5) is 13.9. The van der Waals surface area contributed by atoms with Crippen molar-refractivity contribution in [1.29, 1.82) is 0 Å². The van der Waals surface area contributed by atoms with Crippen LogP contribution in [0.5, 0.6) is 0 Å². The van der Waals surface area contributed by atoms with Gasteiger partial charge < -0.3 is 14.7 Å². The van der Waals surface area contributed by atoms with Gasteiger partial charge in [-0.1, -0.05) is 13.8 Å². The van der Waals surface area contributed by atoms with Gasteiger partial charge in [0.05, 0.1) is 0 Å². The van der Waals surface area contributed by atoms with Gasteiger partial charge in [-0.25, -0.2) is 4.79 Å². The Bertz CT molecular complexity index is 281. The van der Waals surface area contributed by atoms with Gasteiger partial charge in [-0.15, -0.1) is 0 Å². The largest absolute Gasteiger partial charge is 0.444 e. The van der Waals surface area contributed by atoms with Crippen LogP contribution in [0.1, 0.15) is 62.2 Å². The first-order chi connectivity index (χ1) is 9.29. The average molecular weight is 290 g/mol. The fourth-order valence-electron chi connectivity index (χ4n) is 2.08. The van der Waals surface area contributed by atoms with E-state index in [2.05, 4.69) is 5.32 Å². The molecule has 1 rings (SSSR count). The van der Waals surface area contributed by atoms with Crippen molar-refractivity contribution in [2.24, 2.45) is 0 Å². The third-order valence-electron chi connectivity index (χ3n) is 2.90. The molecular weight excluding hydrogens is 256 g/mol. The van der Waals surface area contributed by atoms with Crippen LogP contribution in [-0.4, -0.2) is 47.1 Å². The zero-order valence-corrected chi connectivity index (χ0v) is 13.9. The van der Waals surface area contributed by atoms with Crippen LogP contribution in [0.3, 0.4) is 0 Å². The maximum atomic E-state index is 12.1. The Balaban J connectivity index is 0. The number of aliphatic hydroxyl groups is 1. The standard InChI is InChI=1S/C13H26N2O3.C2H6.H2/c1-10(16)14-9-11-7-5-6-8-15(11)12(17)18-13(2,3)4;1-2;/h10-11,14,16H,5-9H2,1-4H3;1-2H3;1H. The summed E-state index contributed by atoms with van der Waals surface area (Å²) >= 11 is 0. The summed E-state index contributed by atoms with van der Waals surface area (Å²) in [6.07, 6.45) is 2.29. The van der Waals surface area contributed by atoms with E-state index in [0.717, 1.165) is 25.8 Å². The predicted molar refractivity (Wildman–Crippen MR) is 83.7 cm³/mol. The molecular formula is C15H34N2O3. The molecule has 0 aromatic carbocycles. The minimum absolute atomic E-state index is 0. The third kappa shape index (κ3) is 7.70. The molecule has 2 atom stereocenters. The Morgan fingerprint density at radius 2 is 2.05 bits per heavy atom. The topological polar surface area (TPSA) is 61.8 Å². The first-order valence-corrected chi connectivity index (χ1v) is 7.70. The molecule has 2 unspecified atom stereocenters. The Morgan fingerprint density at radius 3 is 2.55 bits per heavy atom. The van der Waals surface area contributed by atoms with E-state index in [1.54, 1.807) is 11.8 Å². The number of nitrogens with one attached hydrogen (secondary N) is 1. The summed E-state index contributed by atoms with van der Waals surface area (Å²) in [6, 6.07) is 0.114. The highest BCUT2D eigenvalue weighted by Crippen LogP contribution is 2.20. The molecule has 1 fully saturated rings. The Morgan fingerprint density at radius 1 is 1.45 bits per heavy atom. The zero-order chi connectivity index (χ0) is 15.8. The van der Waals surface area contributed by atoms with Crippen LogP contribution in [0.4, 0.5) is 4.79 Å². The third-order valence-corrected chi connectivity index (χ3v) is 2.90. The van der Waals surface area contributed by atoms with E-state index >= 15 is 0 Å². The first kappa shape index (κ1) is 19.2. The second kappa shape index (κ2) is 9.19. The molecule has 122 valence electrons. The highest BCUT2D eigenvalue weighted by molar-refractivity contribution is 5.68. The highest BCUT2D eigenvalue weighted by atomic mass is 16.6. The molecule has 0 aromatic rings. The lowest BCUT2D eigenvalue weighted by Gasteiger charge is -2.37. The van der Waals surface area contributed by atoms with Crippen molar-refractivity contribution in [3.05, 3.63) is 0 Å². The Labute approximate surface area is 125 Å². The van der Waals surface area contributed by atoms with Gasteiger partial charge in [-0.2, -0.15) is 0 Å². The van der Waals surface area contributed by atoms with E-state index in [4.69, 9.17) is 4.74 Å². The van der Waals surface area contributed by atoms with Crippen molar-refractivity contribution in [2.75, 3.05) is 13.1 Å². The quantitative estimate of drug-likeness (QED) is 0.784. The molecule has 0 bridgehead atoms. The van der Waals surface area contributed by atoms with Crippen molar-refractivity contribution in [3.63, 3.8) is 0 Å². The number of nitrogens with zero attached hydrogens (tertiary/aromatic N) is 1. The van der Waals surface area contributed by atoms with E-state index in [1.807, 2.05) is 34.6 Å². The Hall–Kier alpha value is -0.810. The van der Waals surface area contributed by atoms with Gasteiger partial charge >= 0.3 is 6.09 Å². The molecule has 0 aliphatic carbocycles. The normalized spacial score (nSPS) is 20.8. The van der Waals surface area contributed by atoms with Gasteiger partial charge in [0.15, 0.2) is 0 Å². The van der Waals surface area contributed by atoms with E-state index in [1.165, 1.54) is 0 Å². The predicted octanol–water partition coefficient (Wildman–Crippen LogP) is 2.98. The van der Waals surface area contributed by atoms with Crippen LogP contribution < -0.4 is 5.32 Å². The molecule has 1 aliphatic rings. The fraction of sp³-hybridized carbons (Fsp3) is 0.933. The van der Waals surface area contributed by atoms with Crippen LogP contribution in [0.2, 0.25) is 0 Å². The van der Waals surface area contributed by atoms with E-state index in [9.17, 15) is 9.90 Å². The van der Waals surface area contributed by atoms with Crippen molar-refractivity contribution < 1.29 is 16.1 Å². The Kier molecular flexibility index (Phi) is 8.81. The van der Waals surface area contributed by atoms with Crippen LogP contribution >= 0.6 is 0 Å². The van der Waals surface area contributed by atoms with Gasteiger partial charge in [-0.3, -0.25) is 5.32 Å². The lowest BCUT2D eigenvalue weighted by Crippen LogP contribution is -2.51. The van der Waals surface area contributed by atoms with Crippen molar-refractivity contribution in [2.45, 2.75) is 78.7 Å². The summed E-state index contributed by atoms with van der Waals surface area (Å²) in [7, 11) is 0. The van der Waals surface area contributed by atoms with Crippen LogP contribution in [0, 0.1) is 0 Å². The SMILES string of the molecule is CC.CC(O)NCC1CCCCN1C(=O)OC(C)(C)C.[HH]. The summed E-state index contributed by atoms with van der Waals surface area (Å²) in [5.74, 6) is 0. The lowest BCUT2D eigenvalue weighted by atomic mass is 10.0. The van der Waals surface area contributed by atoms with Crippen LogP contribution in [-0.2, 0) is 4.74 Å². The van der Waals surface area contributed by atoms with Crippen molar-refractivity contribution in [1.82, 2.24) is 10.2 Å². The number of carbonyl (C=O) groups excluding carboxylic acids is 1. The molecule has 0 aromatic heterocycles. The summed E-state index contributed by atoms with van der Waals surface area (Å²) in [5, 5.41) is 12.2. The van der Waals surface area contributed by atoms with Gasteiger partial charge in [0.2, 0.25) is 0 Å². The molecule has 1 saturated heterocycles. The van der Waals surface area contributed by atoms with Crippen molar-refractivity contribution >= 4 is 6.09 Å². The second-order valence-corrected chi connectivity index (χ2v) is 5.91. The van der Waals surface area contributed by atoms with Gasteiger partial charge in [0, 0.05) is 20.6 Å². The monoisotopic (exact) mass is 290 g/mol. The molecule has 0 saturated carbocycles. The van der Waals surface area contributed by atoms with E-state index < -0.39 is 11.8 Å². The van der Waals surface area contributed by atoms with Crippen LogP contribution in [0.15, 0.2) is 0 Å². The summed E-state index contributed by atoms with van der Waals surface area (Å²) in [5.41, 5.74) is -0.462. The number of hydrogen-bond donors (Lipinski definition) is 2. The second-order valence-electron chi connectivity index (χ2n) is 5.91. The molecule has 0 spiro atoms. The van der Waals surface area contributed by atoms with E-state index in [-0.39, 0.29) is 13.6 Å². The summed E-state index contributed by atoms with van der Waals surface area (Å²) < 4.78 is 5.41. The number of ether oxygens (including phenoxy) is 1. The number of rotatable bonds is 3. The average Bonchev–Trinajstić information content (AvgIpc) is 2.37. The number of aliphatic hydroxyl groups excluding tert-OH is 1. The number of amides is 1. The molecule has 0 radical (unpaired) electrons. The zero-order valence-electron chi connectivity index (χ0n) is 13.9. The van der Waals surface area contributed by atoms with Crippen molar-refractivity contribution in [3.8, 4) is 0 Å². The molecule has 5 heteroatoms. The van der Waals surface area contributed by atoms with Gasteiger partial charge in [0.25, 0.3) is 0 Å². The number of carbonyl (C=O) groups is 1. The van der Waals surface area contributed by atoms with Crippen LogP contribution in [0.25, 0.3) is 0 Å². The minimum atomic E-state index is -0.549. The van der Waals surface area contributed by atoms with E-state index in [0.29, 0.717) is 6.54 Å². The smallest absolute Gasteiger partial charge is 0.410 e. The van der Waals surface area contributed by atoms with Gasteiger partial charge in [-0.05, 0) is 47.0 Å². The maximum absolute atomic E-state index is 12.1. The lowest BCUT2D eigenvalue weighted by molar-refractivity contribution is 0.00797. The fourth-order valence-corrected chi connectivity index (χ4v) is 2.08. The molecule has 5 nitrogen and oxygen atoms in total. The number of hydrogen-bond acceptors (Lipinski definition) is 4. The first-order valence-electron chi connectivity index (χ1n) is 7.70. The number of piperidine rings is 1. The molecule has 20 heavy (non-hydrogen) atoms. The minimum Gasteiger partial charge on any atom is -0.444 e. The molecule has 2 N–H and O–H groups in total.